The van der Waals surface area contributed by atoms with Gasteiger partial charge in [0.2, 0.25) is 5.91 Å². The fraction of sp³-hybridized carbons (Fsp3) is 0.464. The molecule has 0 aromatic heterocycles. The van der Waals surface area contributed by atoms with Gasteiger partial charge in [-0.15, -0.1) is 0 Å². The van der Waals surface area contributed by atoms with Gasteiger partial charge in [0, 0.05) is 11.7 Å². The molecule has 2 unspecified atom stereocenters. The molecule has 2 aromatic carbocycles. The number of nitrogens with zero attached hydrogens (tertiary/aromatic N) is 1. The molecule has 3 amide bonds. The number of benzene rings is 2. The van der Waals surface area contributed by atoms with Gasteiger partial charge in [-0.25, -0.2) is 4.79 Å². The lowest BCUT2D eigenvalue weighted by atomic mass is 9.95. The Kier molecular flexibility index (Phi) is 9.07. The summed E-state index contributed by atoms with van der Waals surface area (Å²) in [6.45, 7) is 16.4. The number of carbonyl (C=O) groups is 3. The van der Waals surface area contributed by atoms with Gasteiger partial charge in [0.05, 0.1) is 0 Å². The predicted molar refractivity (Wildman–Crippen MR) is 139 cm³/mol. The number of amides is 3. The Balaban J connectivity index is 2.49. The third-order valence-corrected chi connectivity index (χ3v) is 5.57. The number of alkyl carbamates (subject to hydrolysis) is 1. The van der Waals surface area contributed by atoms with Crippen LogP contribution < -0.4 is 10.6 Å². The second-order valence-corrected chi connectivity index (χ2v) is 10.3. The van der Waals surface area contributed by atoms with E-state index in [1.807, 2.05) is 77.1 Å². The third-order valence-electron chi connectivity index (χ3n) is 5.57. The highest BCUT2D eigenvalue weighted by Crippen LogP contribution is 2.30. The number of rotatable bonds is 7. The van der Waals surface area contributed by atoms with Crippen molar-refractivity contribution < 1.29 is 19.1 Å². The van der Waals surface area contributed by atoms with Crippen LogP contribution in [0.25, 0.3) is 0 Å². The molecule has 7 nitrogen and oxygen atoms in total. The SMILES string of the molecule is Cc1ccc(C)c(C(C(=O)Nc2ccccc2C)N(C(=O)C(C)NC(=O)OC(C)(C)C)C(C)C)c1. The van der Waals surface area contributed by atoms with Crippen molar-refractivity contribution in [1.29, 1.82) is 0 Å². The van der Waals surface area contributed by atoms with Gasteiger partial charge in [-0.3, -0.25) is 9.59 Å². The number of anilines is 1. The largest absolute Gasteiger partial charge is 0.444 e. The summed E-state index contributed by atoms with van der Waals surface area (Å²) in [4.78, 5) is 41.4. The average molecular weight is 482 g/mol. The zero-order valence-electron chi connectivity index (χ0n) is 22.4. The molecule has 2 atom stereocenters. The number of hydrogen-bond acceptors (Lipinski definition) is 4. The summed E-state index contributed by atoms with van der Waals surface area (Å²) < 4.78 is 5.32. The molecule has 0 aliphatic carbocycles. The predicted octanol–water partition coefficient (Wildman–Crippen LogP) is 5.44. The van der Waals surface area contributed by atoms with Gasteiger partial charge in [-0.05, 0) is 85.1 Å². The number of nitrogens with one attached hydrogen (secondary N) is 2. The second kappa shape index (κ2) is 11.4. The first-order valence-electron chi connectivity index (χ1n) is 12.0. The van der Waals surface area contributed by atoms with Crippen molar-refractivity contribution in [3.8, 4) is 0 Å². The first-order valence-corrected chi connectivity index (χ1v) is 12.0. The standard InChI is InChI=1S/C28H39N3O4/c1-17(2)31(26(33)21(6)29-27(34)35-28(7,8)9)24(22-16-18(3)14-15-19(22)4)25(32)30-23-13-11-10-12-20(23)5/h10-17,21,24H,1-9H3,(H,29,34)(H,30,32). The van der Waals surface area contributed by atoms with Crippen molar-refractivity contribution in [1.82, 2.24) is 10.2 Å². The molecule has 2 rings (SSSR count). The van der Waals surface area contributed by atoms with Gasteiger partial charge in [0.15, 0.2) is 0 Å². The van der Waals surface area contributed by atoms with Crippen LogP contribution in [0.2, 0.25) is 0 Å². The number of carbonyl (C=O) groups excluding carboxylic acids is 3. The quantitative estimate of drug-likeness (QED) is 0.551. The van der Waals surface area contributed by atoms with Gasteiger partial charge in [0.25, 0.3) is 5.91 Å². The maximum Gasteiger partial charge on any atom is 0.408 e. The maximum absolute atomic E-state index is 13.8. The van der Waals surface area contributed by atoms with Crippen molar-refractivity contribution in [3.05, 3.63) is 64.7 Å². The van der Waals surface area contributed by atoms with E-state index in [4.69, 9.17) is 4.74 Å². The summed E-state index contributed by atoms with van der Waals surface area (Å²) in [6, 6.07) is 11.3. The molecule has 35 heavy (non-hydrogen) atoms. The van der Waals surface area contributed by atoms with Crippen molar-refractivity contribution in [2.45, 2.75) is 86.0 Å². The molecule has 0 aliphatic heterocycles. The average Bonchev–Trinajstić information content (AvgIpc) is 2.73. The first-order chi connectivity index (χ1) is 16.2. The molecule has 2 N–H and O–H groups in total. The number of para-hydroxylation sites is 1. The number of ether oxygens (including phenoxy) is 1. The molecule has 2 aromatic rings. The monoisotopic (exact) mass is 481 g/mol. The lowest BCUT2D eigenvalue weighted by molar-refractivity contribution is -0.142. The summed E-state index contributed by atoms with van der Waals surface area (Å²) >= 11 is 0. The minimum absolute atomic E-state index is 0.320. The first kappa shape index (κ1) is 27.9. The Morgan fingerprint density at radius 1 is 0.914 bits per heavy atom. The maximum atomic E-state index is 13.8. The van der Waals surface area contributed by atoms with Gasteiger partial charge >= 0.3 is 6.09 Å². The highest BCUT2D eigenvalue weighted by molar-refractivity contribution is 5.99. The molecule has 0 saturated carbocycles. The number of aryl methyl sites for hydroxylation is 3. The van der Waals surface area contributed by atoms with Crippen LogP contribution in [0.4, 0.5) is 10.5 Å². The molecular formula is C28H39N3O4. The fourth-order valence-electron chi connectivity index (χ4n) is 3.84. The van der Waals surface area contributed by atoms with Gasteiger partial charge in [-0.1, -0.05) is 42.0 Å². The lowest BCUT2D eigenvalue weighted by Gasteiger charge is -2.37. The van der Waals surface area contributed by atoms with Gasteiger partial charge in [0.1, 0.15) is 17.7 Å². The summed E-state index contributed by atoms with van der Waals surface area (Å²) in [5, 5.41) is 5.63. The van der Waals surface area contributed by atoms with Crippen LogP contribution in [0, 0.1) is 20.8 Å². The zero-order chi connectivity index (χ0) is 26.5. The van der Waals surface area contributed by atoms with E-state index in [0.717, 1.165) is 22.3 Å². The van der Waals surface area contributed by atoms with Crippen LogP contribution >= 0.6 is 0 Å². The van der Waals surface area contributed by atoms with E-state index in [2.05, 4.69) is 10.6 Å². The van der Waals surface area contributed by atoms with Crippen LogP contribution in [-0.4, -0.2) is 40.5 Å². The Bertz CT molecular complexity index is 1070. The smallest absolute Gasteiger partial charge is 0.408 e. The van der Waals surface area contributed by atoms with E-state index in [0.29, 0.717) is 5.69 Å². The fourth-order valence-corrected chi connectivity index (χ4v) is 3.84. The van der Waals surface area contributed by atoms with Crippen LogP contribution in [0.1, 0.15) is 69.8 Å². The molecule has 190 valence electrons. The molecule has 7 heteroatoms. The number of hydrogen-bond donors (Lipinski definition) is 2. The van der Waals surface area contributed by atoms with Crippen molar-refractivity contribution >= 4 is 23.6 Å². The van der Waals surface area contributed by atoms with E-state index in [1.54, 1.807) is 27.7 Å². The van der Waals surface area contributed by atoms with E-state index < -0.39 is 23.8 Å². The molecule has 0 heterocycles. The van der Waals surface area contributed by atoms with Crippen molar-refractivity contribution in [2.24, 2.45) is 0 Å². The van der Waals surface area contributed by atoms with Crippen LogP contribution in [0.3, 0.4) is 0 Å². The Morgan fingerprint density at radius 3 is 2.11 bits per heavy atom. The second-order valence-electron chi connectivity index (χ2n) is 10.3. The molecule has 0 radical (unpaired) electrons. The zero-order valence-corrected chi connectivity index (χ0v) is 22.4. The highest BCUT2D eigenvalue weighted by atomic mass is 16.6. The van der Waals surface area contributed by atoms with E-state index in [9.17, 15) is 14.4 Å². The normalized spacial score (nSPS) is 13.1. The third kappa shape index (κ3) is 7.57. The summed E-state index contributed by atoms with van der Waals surface area (Å²) in [7, 11) is 0. The summed E-state index contributed by atoms with van der Waals surface area (Å²) in [6.07, 6.45) is -0.685. The Hall–Kier alpha value is -3.35. The molecule has 0 saturated heterocycles. The summed E-state index contributed by atoms with van der Waals surface area (Å²) in [5.41, 5.74) is 3.52. The molecule has 0 fully saturated rings. The van der Waals surface area contributed by atoms with Crippen LogP contribution in [0.5, 0.6) is 0 Å². The van der Waals surface area contributed by atoms with Crippen molar-refractivity contribution in [3.63, 3.8) is 0 Å². The van der Waals surface area contributed by atoms with Crippen LogP contribution in [0.15, 0.2) is 42.5 Å². The van der Waals surface area contributed by atoms with Gasteiger partial charge < -0.3 is 20.3 Å². The van der Waals surface area contributed by atoms with E-state index >= 15 is 0 Å². The highest BCUT2D eigenvalue weighted by Gasteiger charge is 2.37. The Morgan fingerprint density at radius 2 is 1.54 bits per heavy atom. The topological polar surface area (TPSA) is 87.7 Å². The van der Waals surface area contributed by atoms with E-state index in [-0.39, 0.29) is 17.9 Å². The molecule has 0 aliphatic rings. The van der Waals surface area contributed by atoms with Crippen molar-refractivity contribution in [2.75, 3.05) is 5.32 Å². The van der Waals surface area contributed by atoms with Crippen LogP contribution in [-0.2, 0) is 14.3 Å². The molecule has 0 bridgehead atoms. The van der Waals surface area contributed by atoms with Gasteiger partial charge in [-0.2, -0.15) is 0 Å². The minimum atomic E-state index is -0.898. The molecule has 0 spiro atoms. The Labute approximate surface area is 209 Å². The minimum Gasteiger partial charge on any atom is -0.444 e. The van der Waals surface area contributed by atoms with E-state index in [1.165, 1.54) is 4.90 Å². The lowest BCUT2D eigenvalue weighted by Crippen LogP contribution is -2.53. The summed E-state index contributed by atoms with van der Waals surface area (Å²) in [5.74, 6) is -0.698. The molecular weight excluding hydrogens is 442 g/mol.